The van der Waals surface area contributed by atoms with E-state index in [9.17, 15) is 31.9 Å². The van der Waals surface area contributed by atoms with E-state index in [1.54, 1.807) is 20.8 Å². The third-order valence-corrected chi connectivity index (χ3v) is 4.27. The number of alkyl carbamates (subject to hydrolysis) is 1. The summed E-state index contributed by atoms with van der Waals surface area (Å²) in [6, 6.07) is 3.39. The maximum absolute atomic E-state index is 13.5. The molecular weight excluding hydrogens is 472 g/mol. The number of benzene rings is 1. The second-order valence-electron chi connectivity index (χ2n) is 7.73. The summed E-state index contributed by atoms with van der Waals surface area (Å²) in [7, 11) is 0.996. The second kappa shape index (κ2) is 9.74. The highest BCUT2D eigenvalue weighted by atomic mass is 35.5. The lowest BCUT2D eigenvalue weighted by atomic mass is 10.0. The van der Waals surface area contributed by atoms with Gasteiger partial charge in [0, 0.05) is 5.56 Å². The first-order chi connectivity index (χ1) is 15.1. The number of carbonyl (C=O) groups excluding carboxylic acids is 3. The fraction of sp³-hybridized carbons (Fsp3) is 0.333. The Morgan fingerprint density at radius 1 is 1.09 bits per heavy atom. The van der Waals surface area contributed by atoms with Crippen LogP contribution in [0.5, 0.6) is 0 Å². The zero-order valence-electron chi connectivity index (χ0n) is 17.8. The van der Waals surface area contributed by atoms with Crippen molar-refractivity contribution in [3.63, 3.8) is 0 Å². The molecule has 2 rings (SSSR count). The number of ether oxygens (including phenoxy) is 2. The van der Waals surface area contributed by atoms with E-state index >= 15 is 0 Å². The smallest absolute Gasteiger partial charge is 0.456 e. The van der Waals surface area contributed by atoms with Crippen LogP contribution in [-0.4, -0.2) is 41.7 Å². The quantitative estimate of drug-likeness (QED) is 0.359. The number of aromatic nitrogens is 1. The Morgan fingerprint density at radius 3 is 2.24 bits per heavy atom. The van der Waals surface area contributed by atoms with E-state index in [0.29, 0.717) is 6.07 Å². The van der Waals surface area contributed by atoms with E-state index < -0.39 is 47.2 Å². The molecule has 0 aliphatic heterocycles. The minimum absolute atomic E-state index is 0.0559. The zero-order valence-corrected chi connectivity index (χ0v) is 18.6. The molecule has 0 saturated carbocycles. The minimum atomic E-state index is -5.28. The van der Waals surface area contributed by atoms with Crippen molar-refractivity contribution in [1.29, 1.82) is 0 Å². The molecule has 12 heteroatoms. The molecule has 0 saturated heterocycles. The lowest BCUT2D eigenvalue weighted by Gasteiger charge is -2.23. The molecule has 0 radical (unpaired) electrons. The van der Waals surface area contributed by atoms with Crippen LogP contribution in [0.15, 0.2) is 30.3 Å². The van der Waals surface area contributed by atoms with Gasteiger partial charge in [-0.1, -0.05) is 11.6 Å². The van der Waals surface area contributed by atoms with Crippen molar-refractivity contribution in [2.24, 2.45) is 0 Å². The Bertz CT molecular complexity index is 1080. The molecule has 0 fully saturated rings. The number of rotatable bonds is 5. The molecule has 1 atom stereocenters. The lowest BCUT2D eigenvalue weighted by molar-refractivity contribution is -0.143. The van der Waals surface area contributed by atoms with Crippen molar-refractivity contribution in [3.8, 4) is 11.3 Å². The molecular formula is C21H19ClF4N2O5. The van der Waals surface area contributed by atoms with Crippen LogP contribution in [-0.2, 0) is 14.3 Å². The zero-order chi connectivity index (χ0) is 25.1. The first-order valence-electron chi connectivity index (χ1n) is 9.28. The van der Waals surface area contributed by atoms with E-state index in [1.807, 2.05) is 0 Å². The highest BCUT2D eigenvalue weighted by Gasteiger charge is 2.41. The van der Waals surface area contributed by atoms with Gasteiger partial charge in [-0.3, -0.25) is 4.79 Å². The molecule has 1 N–H and O–H groups in total. The topological polar surface area (TPSA) is 94.6 Å². The summed E-state index contributed by atoms with van der Waals surface area (Å²) in [6.45, 7) is 4.67. The largest absolute Gasteiger partial charge is 0.467 e. The molecule has 178 valence electrons. The van der Waals surface area contributed by atoms with Crippen LogP contribution in [0.25, 0.3) is 11.3 Å². The number of carbonyl (C=O) groups is 3. The molecule has 7 nitrogen and oxygen atoms in total. The van der Waals surface area contributed by atoms with E-state index in [1.165, 1.54) is 6.07 Å². The predicted octanol–water partition coefficient (Wildman–Crippen LogP) is 5.02. The number of esters is 1. The average Bonchev–Trinajstić information content (AvgIpc) is 2.70. The third-order valence-electron chi connectivity index (χ3n) is 3.98. The Morgan fingerprint density at radius 2 is 1.73 bits per heavy atom. The highest BCUT2D eigenvalue weighted by Crippen LogP contribution is 2.29. The van der Waals surface area contributed by atoms with Gasteiger partial charge < -0.3 is 14.8 Å². The maximum atomic E-state index is 13.5. The fourth-order valence-corrected chi connectivity index (χ4v) is 2.79. The minimum Gasteiger partial charge on any atom is -0.467 e. The number of pyridine rings is 1. The third kappa shape index (κ3) is 6.88. The van der Waals surface area contributed by atoms with Crippen LogP contribution in [0.4, 0.5) is 22.4 Å². The predicted molar refractivity (Wildman–Crippen MR) is 109 cm³/mol. The van der Waals surface area contributed by atoms with Gasteiger partial charge in [-0.2, -0.15) is 13.2 Å². The van der Waals surface area contributed by atoms with Gasteiger partial charge in [0.2, 0.25) is 0 Å². The molecule has 1 amide bonds. The number of amides is 1. The summed E-state index contributed by atoms with van der Waals surface area (Å²) in [5.74, 6) is -4.14. The van der Waals surface area contributed by atoms with Gasteiger partial charge in [-0.25, -0.2) is 19.0 Å². The Labute approximate surface area is 191 Å². The number of nitrogens with zero attached hydrogens (tertiary/aromatic N) is 1. The second-order valence-corrected chi connectivity index (χ2v) is 8.14. The monoisotopic (exact) mass is 490 g/mol. The molecule has 1 heterocycles. The van der Waals surface area contributed by atoms with E-state index in [-0.39, 0.29) is 21.8 Å². The Hall–Kier alpha value is -3.21. The summed E-state index contributed by atoms with van der Waals surface area (Å²) in [6.07, 6.45) is -6.34. The van der Waals surface area contributed by atoms with Crippen LogP contribution in [0, 0.1) is 5.82 Å². The summed E-state index contributed by atoms with van der Waals surface area (Å²) < 4.78 is 62.6. The SMILES string of the molecule is COC(=O)C(NC(=O)OC(C)(C)C)c1cc(C(=O)C(F)(F)F)nc(-c2ccc(F)c(Cl)c2)c1. The van der Waals surface area contributed by atoms with Crippen molar-refractivity contribution in [2.75, 3.05) is 7.11 Å². The summed E-state index contributed by atoms with van der Waals surface area (Å²) in [5, 5.41) is 1.86. The average molecular weight is 491 g/mol. The molecule has 1 aromatic carbocycles. The van der Waals surface area contributed by atoms with Crippen LogP contribution in [0.2, 0.25) is 5.02 Å². The molecule has 2 aromatic rings. The molecule has 0 spiro atoms. The fourth-order valence-electron chi connectivity index (χ4n) is 2.60. The van der Waals surface area contributed by atoms with Gasteiger partial charge >= 0.3 is 18.2 Å². The molecule has 1 aromatic heterocycles. The summed E-state index contributed by atoms with van der Waals surface area (Å²) in [4.78, 5) is 40.2. The van der Waals surface area contributed by atoms with Crippen LogP contribution in [0.1, 0.15) is 42.9 Å². The first-order valence-corrected chi connectivity index (χ1v) is 9.66. The number of hydrogen-bond donors (Lipinski definition) is 1. The summed E-state index contributed by atoms with van der Waals surface area (Å²) >= 11 is 5.75. The van der Waals surface area contributed by atoms with Gasteiger partial charge in [0.1, 0.15) is 17.1 Å². The van der Waals surface area contributed by atoms with Crippen molar-refractivity contribution in [2.45, 2.75) is 38.6 Å². The Kier molecular flexibility index (Phi) is 7.68. The van der Waals surface area contributed by atoms with Gasteiger partial charge in [-0.05, 0) is 56.7 Å². The van der Waals surface area contributed by atoms with Crippen LogP contribution >= 0.6 is 11.6 Å². The van der Waals surface area contributed by atoms with E-state index in [0.717, 1.165) is 25.3 Å². The molecule has 33 heavy (non-hydrogen) atoms. The van der Waals surface area contributed by atoms with Gasteiger partial charge in [0.05, 0.1) is 17.8 Å². The normalized spacial score (nSPS) is 12.6. The standard InChI is InChI=1S/C21H19ClF4N2O5/c1-20(2,3)33-19(31)28-16(18(30)32-4)11-8-14(10-5-6-13(23)12(22)7-10)27-15(9-11)17(29)21(24,25)26/h5-9,16H,1-4H3,(H,28,31). The number of halogens is 5. The molecule has 0 aliphatic carbocycles. The van der Waals surface area contributed by atoms with Crippen molar-refractivity contribution < 1.29 is 41.4 Å². The molecule has 1 unspecified atom stereocenters. The van der Waals surface area contributed by atoms with Crippen LogP contribution in [0.3, 0.4) is 0 Å². The lowest BCUT2D eigenvalue weighted by Crippen LogP contribution is -2.38. The number of nitrogens with one attached hydrogen (secondary N) is 1. The van der Waals surface area contributed by atoms with E-state index in [4.69, 9.17) is 16.3 Å². The van der Waals surface area contributed by atoms with Gasteiger partial charge in [-0.15, -0.1) is 0 Å². The Balaban J connectivity index is 2.66. The molecule has 0 bridgehead atoms. The van der Waals surface area contributed by atoms with Crippen LogP contribution < -0.4 is 5.32 Å². The van der Waals surface area contributed by atoms with E-state index in [2.05, 4.69) is 15.0 Å². The van der Waals surface area contributed by atoms with Crippen molar-refractivity contribution in [3.05, 3.63) is 52.4 Å². The van der Waals surface area contributed by atoms with Crippen molar-refractivity contribution >= 4 is 29.4 Å². The number of ketones is 1. The summed E-state index contributed by atoms with van der Waals surface area (Å²) in [5.41, 5.74) is -2.44. The number of alkyl halides is 3. The maximum Gasteiger partial charge on any atom is 0.456 e. The van der Waals surface area contributed by atoms with Gasteiger partial charge in [0.15, 0.2) is 6.04 Å². The highest BCUT2D eigenvalue weighted by molar-refractivity contribution is 6.31. The van der Waals surface area contributed by atoms with Crippen molar-refractivity contribution in [1.82, 2.24) is 10.3 Å². The number of hydrogen-bond acceptors (Lipinski definition) is 6. The van der Waals surface area contributed by atoms with Gasteiger partial charge in [0.25, 0.3) is 5.78 Å². The first kappa shape index (κ1) is 26.0. The number of methoxy groups -OCH3 is 1. The molecule has 0 aliphatic rings. The number of Topliss-reactive ketones (excluding diaryl/α,β-unsaturated/α-hetero) is 1.